The van der Waals surface area contributed by atoms with Crippen LogP contribution in [0, 0.1) is 0 Å². The Morgan fingerprint density at radius 2 is 1.69 bits per heavy atom. The molecule has 1 atom stereocenters. The molecule has 1 N–H and O–H groups in total. The van der Waals surface area contributed by atoms with Gasteiger partial charge in [-0.1, -0.05) is 41.4 Å². The van der Waals surface area contributed by atoms with Gasteiger partial charge in [0, 0.05) is 16.3 Å². The summed E-state index contributed by atoms with van der Waals surface area (Å²) < 4.78 is 30.1. The van der Waals surface area contributed by atoms with E-state index in [0.29, 0.717) is 21.4 Å². The molecule has 0 aromatic heterocycles. The van der Waals surface area contributed by atoms with Crippen LogP contribution in [0.4, 0.5) is 5.69 Å². The van der Waals surface area contributed by atoms with Crippen molar-refractivity contribution >= 4 is 36.5 Å². The van der Waals surface area contributed by atoms with Crippen molar-refractivity contribution in [1.29, 1.82) is 0 Å². The lowest BCUT2D eigenvalue weighted by atomic mass is 10.2. The fraction of sp³-hybridized carbons (Fsp3) is 0.333. The second kappa shape index (κ2) is 9.63. The van der Waals surface area contributed by atoms with Crippen molar-refractivity contribution in [3.63, 3.8) is 0 Å². The lowest BCUT2D eigenvalue weighted by Crippen LogP contribution is -2.16. The molecule has 0 saturated carbocycles. The van der Waals surface area contributed by atoms with E-state index in [4.69, 9.17) is 37.0 Å². The molecular formula is C18H22Cl2NO4P. The summed E-state index contributed by atoms with van der Waals surface area (Å²) in [5.41, 5.74) is 1.24. The highest BCUT2D eigenvalue weighted by atomic mass is 35.5. The van der Waals surface area contributed by atoms with E-state index in [1.807, 2.05) is 30.3 Å². The fourth-order valence-corrected chi connectivity index (χ4v) is 5.08. The summed E-state index contributed by atoms with van der Waals surface area (Å²) in [5, 5.41) is 3.93. The Morgan fingerprint density at radius 3 is 2.23 bits per heavy atom. The zero-order valence-corrected chi connectivity index (χ0v) is 17.3. The van der Waals surface area contributed by atoms with Gasteiger partial charge in [0.2, 0.25) is 0 Å². The summed E-state index contributed by atoms with van der Waals surface area (Å²) in [6.45, 7) is 3.96. The first-order valence-corrected chi connectivity index (χ1v) is 10.5. The third-order valence-electron chi connectivity index (χ3n) is 3.55. The minimum absolute atomic E-state index is 0.223. The molecule has 2 rings (SSSR count). The van der Waals surface area contributed by atoms with Crippen molar-refractivity contribution in [2.45, 2.75) is 19.6 Å². The van der Waals surface area contributed by atoms with Gasteiger partial charge < -0.3 is 19.1 Å². The van der Waals surface area contributed by atoms with Crippen LogP contribution in [0.25, 0.3) is 0 Å². The van der Waals surface area contributed by atoms with Gasteiger partial charge in [-0.15, -0.1) is 0 Å². The zero-order chi connectivity index (χ0) is 19.2. The van der Waals surface area contributed by atoms with Crippen molar-refractivity contribution in [2.75, 3.05) is 25.6 Å². The average Bonchev–Trinajstić information content (AvgIpc) is 2.60. The number of halogens is 2. The maximum Gasteiger partial charge on any atom is 0.357 e. The van der Waals surface area contributed by atoms with Crippen LogP contribution >= 0.6 is 30.8 Å². The summed E-state index contributed by atoms with van der Waals surface area (Å²) in [6.07, 6.45) is 0. The van der Waals surface area contributed by atoms with Crippen LogP contribution < -0.4 is 10.1 Å². The number of anilines is 1. The van der Waals surface area contributed by atoms with Crippen LogP contribution in [0.3, 0.4) is 0 Å². The molecule has 0 aliphatic carbocycles. The lowest BCUT2D eigenvalue weighted by molar-refractivity contribution is 0.213. The minimum Gasteiger partial charge on any atom is -0.495 e. The number of hydrogen-bond acceptors (Lipinski definition) is 5. The fourth-order valence-electron chi connectivity index (χ4n) is 2.56. The molecule has 0 aliphatic heterocycles. The van der Waals surface area contributed by atoms with Gasteiger partial charge in [-0.05, 0) is 38.1 Å². The highest BCUT2D eigenvalue weighted by molar-refractivity contribution is 7.54. The van der Waals surface area contributed by atoms with Gasteiger partial charge in [0.25, 0.3) is 0 Å². The van der Waals surface area contributed by atoms with Gasteiger partial charge in [0.05, 0.1) is 25.3 Å². The molecule has 26 heavy (non-hydrogen) atoms. The van der Waals surface area contributed by atoms with E-state index in [9.17, 15) is 4.57 Å². The number of benzene rings is 2. The van der Waals surface area contributed by atoms with Crippen LogP contribution in [0.2, 0.25) is 10.0 Å². The van der Waals surface area contributed by atoms with Crippen molar-refractivity contribution in [1.82, 2.24) is 0 Å². The van der Waals surface area contributed by atoms with E-state index in [1.165, 1.54) is 7.11 Å². The Balaban J connectivity index is 2.62. The van der Waals surface area contributed by atoms with Crippen LogP contribution in [0.15, 0.2) is 42.5 Å². The molecule has 2 aromatic carbocycles. The smallest absolute Gasteiger partial charge is 0.357 e. The zero-order valence-electron chi connectivity index (χ0n) is 14.9. The topological polar surface area (TPSA) is 56.8 Å². The van der Waals surface area contributed by atoms with Crippen LogP contribution in [-0.4, -0.2) is 20.3 Å². The van der Waals surface area contributed by atoms with E-state index in [-0.39, 0.29) is 13.2 Å². The van der Waals surface area contributed by atoms with Gasteiger partial charge in [-0.3, -0.25) is 4.57 Å². The van der Waals surface area contributed by atoms with Gasteiger partial charge in [0.1, 0.15) is 5.75 Å². The van der Waals surface area contributed by atoms with E-state index in [2.05, 4.69) is 5.32 Å². The Kier molecular flexibility index (Phi) is 7.81. The molecule has 0 aliphatic rings. The largest absolute Gasteiger partial charge is 0.495 e. The summed E-state index contributed by atoms with van der Waals surface area (Å²) >= 11 is 12.5. The quantitative estimate of drug-likeness (QED) is 0.479. The third-order valence-corrected chi connectivity index (χ3v) is 6.32. The number of methoxy groups -OCH3 is 1. The summed E-state index contributed by atoms with van der Waals surface area (Å²) in [6, 6.07) is 12.6. The summed E-state index contributed by atoms with van der Waals surface area (Å²) in [4.78, 5) is 0. The minimum atomic E-state index is -3.61. The summed E-state index contributed by atoms with van der Waals surface area (Å²) in [5.74, 6) is -0.486. The number of ether oxygens (including phenoxy) is 1. The molecule has 0 bridgehead atoms. The van der Waals surface area contributed by atoms with Crippen LogP contribution in [0.1, 0.15) is 25.2 Å². The third kappa shape index (κ3) is 4.93. The molecule has 2 aromatic rings. The van der Waals surface area contributed by atoms with Crippen molar-refractivity contribution in [2.24, 2.45) is 0 Å². The molecule has 0 spiro atoms. The molecule has 0 heterocycles. The molecule has 0 saturated heterocycles. The molecular weight excluding hydrogens is 396 g/mol. The van der Waals surface area contributed by atoms with Crippen molar-refractivity contribution in [3.05, 3.63) is 58.1 Å². The standard InChI is InChI=1S/C18H22Cl2NO4P/c1-4-24-26(22,25-5-2)18(21-14-9-7-6-8-10-14)15-11-13(19)12-16(20)17(15)23-3/h6-12,18,21H,4-5H2,1-3H3/t18-/m0/s1. The predicted molar refractivity (Wildman–Crippen MR) is 107 cm³/mol. The van der Waals surface area contributed by atoms with Gasteiger partial charge in [-0.2, -0.15) is 0 Å². The first kappa shape index (κ1) is 21.1. The highest BCUT2D eigenvalue weighted by Crippen LogP contribution is 2.62. The monoisotopic (exact) mass is 417 g/mol. The van der Waals surface area contributed by atoms with E-state index < -0.39 is 13.4 Å². The lowest BCUT2D eigenvalue weighted by Gasteiger charge is -2.29. The van der Waals surface area contributed by atoms with E-state index >= 15 is 0 Å². The van der Waals surface area contributed by atoms with Crippen molar-refractivity contribution in [3.8, 4) is 5.75 Å². The molecule has 0 unspecified atom stereocenters. The number of para-hydroxylation sites is 1. The van der Waals surface area contributed by atoms with Crippen LogP contribution in [0.5, 0.6) is 5.75 Å². The Bertz CT molecular complexity index is 763. The maximum atomic E-state index is 13.6. The number of nitrogens with one attached hydrogen (secondary N) is 1. The molecule has 0 fully saturated rings. The Hall–Kier alpha value is -1.23. The highest BCUT2D eigenvalue weighted by Gasteiger charge is 2.39. The SMILES string of the molecule is CCOP(=O)(OCC)[C@H](Nc1ccccc1)c1cc(Cl)cc(Cl)c1OC. The van der Waals surface area contributed by atoms with E-state index in [0.717, 1.165) is 5.69 Å². The van der Waals surface area contributed by atoms with Gasteiger partial charge in [-0.25, -0.2) is 0 Å². The average molecular weight is 418 g/mol. The number of hydrogen-bond donors (Lipinski definition) is 1. The second-order valence-corrected chi connectivity index (χ2v) is 8.25. The predicted octanol–water partition coefficient (Wildman–Crippen LogP) is 6.38. The first-order valence-electron chi connectivity index (χ1n) is 8.18. The van der Waals surface area contributed by atoms with E-state index in [1.54, 1.807) is 26.0 Å². The summed E-state index contributed by atoms with van der Waals surface area (Å²) in [7, 11) is -2.11. The number of rotatable bonds is 9. The normalized spacial score (nSPS) is 12.7. The first-order chi connectivity index (χ1) is 12.4. The van der Waals surface area contributed by atoms with Crippen molar-refractivity contribution < 1.29 is 18.3 Å². The molecule has 8 heteroatoms. The Morgan fingerprint density at radius 1 is 1.08 bits per heavy atom. The van der Waals surface area contributed by atoms with Gasteiger partial charge >= 0.3 is 7.60 Å². The van der Waals surface area contributed by atoms with Crippen LogP contribution in [-0.2, 0) is 13.6 Å². The maximum absolute atomic E-state index is 13.6. The molecule has 142 valence electrons. The molecule has 0 amide bonds. The second-order valence-electron chi connectivity index (χ2n) is 5.30. The van der Waals surface area contributed by atoms with Gasteiger partial charge in [0.15, 0.2) is 5.78 Å². The molecule has 0 radical (unpaired) electrons. The molecule has 5 nitrogen and oxygen atoms in total. The Labute approximate surface area is 164 Å².